The number of hydrogen-bond acceptors (Lipinski definition) is 5. The number of esters is 1. The molecule has 0 bridgehead atoms. The van der Waals surface area contributed by atoms with E-state index < -0.39 is 5.97 Å². The maximum absolute atomic E-state index is 12.3. The Morgan fingerprint density at radius 1 is 1.04 bits per heavy atom. The van der Waals surface area contributed by atoms with Crippen molar-refractivity contribution in [2.45, 2.75) is 0 Å². The third kappa shape index (κ3) is 4.78. The summed E-state index contributed by atoms with van der Waals surface area (Å²) in [6, 6.07) is 12.7. The third-order valence-corrected chi connectivity index (χ3v) is 4.24. The molecule has 6 heteroatoms. The van der Waals surface area contributed by atoms with Gasteiger partial charge in [-0.25, -0.2) is 9.79 Å². The zero-order valence-electron chi connectivity index (χ0n) is 15.1. The van der Waals surface area contributed by atoms with Crippen molar-refractivity contribution in [3.05, 3.63) is 89.1 Å². The molecule has 3 rings (SSSR count). The van der Waals surface area contributed by atoms with Crippen LogP contribution in [-0.2, 0) is 9.53 Å². The Morgan fingerprint density at radius 3 is 2.46 bits per heavy atom. The van der Waals surface area contributed by atoms with E-state index in [1.54, 1.807) is 36.4 Å². The lowest BCUT2D eigenvalue weighted by atomic mass is 10.1. The number of rotatable bonds is 8. The monoisotopic (exact) mass is 439 g/mol. The van der Waals surface area contributed by atoms with Crippen LogP contribution in [0.25, 0.3) is 6.08 Å². The number of carbonyl (C=O) groups is 1. The van der Waals surface area contributed by atoms with Gasteiger partial charge in [-0.15, -0.1) is 0 Å². The highest BCUT2D eigenvalue weighted by Gasteiger charge is 2.24. The molecule has 2 aromatic rings. The van der Waals surface area contributed by atoms with Crippen molar-refractivity contribution < 1.29 is 19.0 Å². The normalized spacial score (nSPS) is 14.4. The van der Waals surface area contributed by atoms with Gasteiger partial charge in [0.25, 0.3) is 0 Å². The Balaban J connectivity index is 1.92. The van der Waals surface area contributed by atoms with Gasteiger partial charge in [-0.2, -0.15) is 0 Å². The second-order valence-corrected chi connectivity index (χ2v) is 6.66. The van der Waals surface area contributed by atoms with Crippen LogP contribution in [0.4, 0.5) is 0 Å². The van der Waals surface area contributed by atoms with Crippen LogP contribution in [-0.4, -0.2) is 25.1 Å². The largest absolute Gasteiger partial charge is 0.489 e. The summed E-state index contributed by atoms with van der Waals surface area (Å²) in [4.78, 5) is 16.6. The Bertz CT molecular complexity index is 961. The average molecular weight is 440 g/mol. The molecule has 142 valence electrons. The molecule has 0 unspecified atom stereocenters. The smallest absolute Gasteiger partial charge is 0.363 e. The van der Waals surface area contributed by atoms with Gasteiger partial charge in [0.15, 0.2) is 5.70 Å². The molecule has 0 N–H and O–H groups in total. The van der Waals surface area contributed by atoms with Crippen molar-refractivity contribution in [3.8, 4) is 11.5 Å². The van der Waals surface area contributed by atoms with Gasteiger partial charge in [-0.05, 0) is 42.5 Å². The van der Waals surface area contributed by atoms with Gasteiger partial charge < -0.3 is 14.2 Å². The maximum atomic E-state index is 12.3. The fraction of sp³-hybridized carbons (Fsp3) is 0.0909. The molecular formula is C22H18BrNO4. The summed E-state index contributed by atoms with van der Waals surface area (Å²) in [6.07, 6.45) is 4.93. The van der Waals surface area contributed by atoms with Crippen molar-refractivity contribution in [3.63, 3.8) is 0 Å². The molecule has 0 saturated carbocycles. The van der Waals surface area contributed by atoms with Gasteiger partial charge in [0, 0.05) is 21.7 Å². The van der Waals surface area contributed by atoms with E-state index in [9.17, 15) is 4.79 Å². The van der Waals surface area contributed by atoms with Crippen LogP contribution in [0.2, 0.25) is 0 Å². The Kier molecular flexibility index (Phi) is 6.45. The summed E-state index contributed by atoms with van der Waals surface area (Å²) >= 11 is 3.38. The second kappa shape index (κ2) is 9.19. The van der Waals surface area contributed by atoms with E-state index in [0.717, 1.165) is 10.0 Å². The fourth-order valence-electron chi connectivity index (χ4n) is 2.42. The van der Waals surface area contributed by atoms with Crippen molar-refractivity contribution in [1.82, 2.24) is 0 Å². The number of hydrogen-bond donors (Lipinski definition) is 0. The third-order valence-electron chi connectivity index (χ3n) is 3.71. The zero-order chi connectivity index (χ0) is 19.9. The average Bonchev–Trinajstić information content (AvgIpc) is 3.07. The summed E-state index contributed by atoms with van der Waals surface area (Å²) in [5.74, 6) is 0.936. The predicted molar refractivity (Wildman–Crippen MR) is 113 cm³/mol. The van der Waals surface area contributed by atoms with E-state index in [1.165, 1.54) is 0 Å². The number of benzene rings is 2. The lowest BCUT2D eigenvalue weighted by molar-refractivity contribution is -0.129. The minimum atomic E-state index is -0.514. The molecule has 28 heavy (non-hydrogen) atoms. The fourth-order valence-corrected chi connectivity index (χ4v) is 2.69. The Labute approximate surface area is 171 Å². The highest BCUT2D eigenvalue weighted by Crippen LogP contribution is 2.29. The summed E-state index contributed by atoms with van der Waals surface area (Å²) in [7, 11) is 0. The molecule has 2 aromatic carbocycles. The number of nitrogens with zero attached hydrogens (tertiary/aromatic N) is 1. The highest BCUT2D eigenvalue weighted by atomic mass is 79.9. The van der Waals surface area contributed by atoms with Gasteiger partial charge in [0.2, 0.25) is 5.90 Å². The molecular weight excluding hydrogens is 422 g/mol. The molecule has 0 saturated heterocycles. The first-order valence-corrected chi connectivity index (χ1v) is 9.30. The van der Waals surface area contributed by atoms with E-state index in [0.29, 0.717) is 30.3 Å². The van der Waals surface area contributed by atoms with E-state index in [2.05, 4.69) is 34.1 Å². The van der Waals surface area contributed by atoms with Gasteiger partial charge in [-0.1, -0.05) is 41.2 Å². The maximum Gasteiger partial charge on any atom is 0.363 e. The van der Waals surface area contributed by atoms with E-state index >= 15 is 0 Å². The van der Waals surface area contributed by atoms with Crippen LogP contribution in [0, 0.1) is 0 Å². The van der Waals surface area contributed by atoms with Gasteiger partial charge in [-0.3, -0.25) is 0 Å². The summed E-state index contributed by atoms with van der Waals surface area (Å²) in [5, 5.41) is 0. The molecule has 0 atom stereocenters. The minimum absolute atomic E-state index is 0.195. The number of ether oxygens (including phenoxy) is 3. The van der Waals surface area contributed by atoms with Crippen molar-refractivity contribution in [1.29, 1.82) is 0 Å². The Hall–Kier alpha value is -3.12. The lowest BCUT2D eigenvalue weighted by Gasteiger charge is -2.10. The number of cyclic esters (lactones) is 1. The first-order valence-electron chi connectivity index (χ1n) is 8.50. The summed E-state index contributed by atoms with van der Waals surface area (Å²) in [5.41, 5.74) is 1.60. The topological polar surface area (TPSA) is 57.1 Å². The molecule has 1 aliphatic heterocycles. The first-order chi connectivity index (χ1) is 13.6. The van der Waals surface area contributed by atoms with Crippen LogP contribution in [0.3, 0.4) is 0 Å². The number of aliphatic imine (C=N–C) groups is 1. The van der Waals surface area contributed by atoms with Gasteiger partial charge in [0.1, 0.15) is 24.7 Å². The second-order valence-electron chi connectivity index (χ2n) is 5.74. The van der Waals surface area contributed by atoms with Crippen molar-refractivity contribution in [2.75, 3.05) is 13.2 Å². The first kappa shape index (κ1) is 19.6. The van der Waals surface area contributed by atoms with E-state index in [-0.39, 0.29) is 11.6 Å². The molecule has 5 nitrogen and oxygen atoms in total. The zero-order valence-corrected chi connectivity index (χ0v) is 16.6. The quantitative estimate of drug-likeness (QED) is 0.332. The molecule has 0 amide bonds. The van der Waals surface area contributed by atoms with Crippen LogP contribution in [0.5, 0.6) is 11.5 Å². The molecule has 0 fully saturated rings. The van der Waals surface area contributed by atoms with Crippen LogP contribution < -0.4 is 9.47 Å². The van der Waals surface area contributed by atoms with Gasteiger partial charge >= 0.3 is 5.97 Å². The molecule has 1 aliphatic rings. The minimum Gasteiger partial charge on any atom is -0.489 e. The summed E-state index contributed by atoms with van der Waals surface area (Å²) < 4.78 is 17.5. The van der Waals surface area contributed by atoms with Gasteiger partial charge in [0.05, 0.1) is 0 Å². The lowest BCUT2D eigenvalue weighted by Crippen LogP contribution is -2.05. The van der Waals surface area contributed by atoms with E-state index in [4.69, 9.17) is 14.2 Å². The van der Waals surface area contributed by atoms with Crippen molar-refractivity contribution >= 4 is 33.9 Å². The molecule has 0 spiro atoms. The summed E-state index contributed by atoms with van der Waals surface area (Å²) in [6.45, 7) is 7.99. The molecule has 0 radical (unpaired) electrons. The predicted octanol–water partition coefficient (Wildman–Crippen LogP) is 4.92. The highest BCUT2D eigenvalue weighted by molar-refractivity contribution is 9.10. The Morgan fingerprint density at radius 2 is 1.75 bits per heavy atom. The molecule has 0 aromatic heterocycles. The van der Waals surface area contributed by atoms with Crippen LogP contribution in [0.1, 0.15) is 11.1 Å². The van der Waals surface area contributed by atoms with Crippen LogP contribution >= 0.6 is 15.9 Å². The SMILES string of the molecule is C=CCOc1ccc(C=C2N=C(c3ccc(Br)cc3)OC2=O)c(OCC=C)c1. The number of halogens is 1. The van der Waals surface area contributed by atoms with Crippen LogP contribution in [0.15, 0.2) is 82.9 Å². The molecule has 0 aliphatic carbocycles. The number of carbonyl (C=O) groups excluding carboxylic acids is 1. The molecule has 1 heterocycles. The van der Waals surface area contributed by atoms with E-state index in [1.807, 2.05) is 24.3 Å². The van der Waals surface area contributed by atoms with Crippen molar-refractivity contribution in [2.24, 2.45) is 4.99 Å². The standard InChI is InChI=1S/C22H18BrNO4/c1-3-11-26-18-10-7-16(20(14-18)27-12-4-2)13-19-22(25)28-21(24-19)15-5-8-17(23)9-6-15/h3-10,13-14H,1-2,11-12H2.